The summed E-state index contributed by atoms with van der Waals surface area (Å²) in [5.74, 6) is -0.742. The molecule has 0 spiro atoms. The number of anilines is 1. The molecule has 20 heavy (non-hydrogen) atoms. The van der Waals surface area contributed by atoms with Crippen molar-refractivity contribution in [3.8, 4) is 0 Å². The molecular weight excluding hydrogens is 301 g/mol. The number of carbonyl (C=O) groups is 2. The molecule has 0 aromatic heterocycles. The van der Waals surface area contributed by atoms with Gasteiger partial charge in [-0.2, -0.15) is 0 Å². The van der Waals surface area contributed by atoms with Gasteiger partial charge in [-0.15, -0.1) is 0 Å². The maximum atomic E-state index is 12.4. The quantitative estimate of drug-likeness (QED) is 0.815. The van der Waals surface area contributed by atoms with Crippen molar-refractivity contribution in [3.05, 3.63) is 27.7 Å². The van der Waals surface area contributed by atoms with Gasteiger partial charge in [-0.25, -0.2) is 0 Å². The van der Waals surface area contributed by atoms with Gasteiger partial charge >= 0.3 is 0 Å². The van der Waals surface area contributed by atoms with Crippen LogP contribution in [0.3, 0.4) is 0 Å². The van der Waals surface area contributed by atoms with Crippen molar-refractivity contribution in [1.29, 1.82) is 0 Å². The highest BCUT2D eigenvalue weighted by atomic mass is 35.5. The second-order valence-corrected chi connectivity index (χ2v) is 5.69. The van der Waals surface area contributed by atoms with Crippen LogP contribution in [0.1, 0.15) is 24.2 Å². The van der Waals surface area contributed by atoms with E-state index in [1.807, 2.05) is 13.8 Å². The SMILES string of the molecule is CC(C)CN(CC(N)=O)C(=O)c1cc(N)c(Cl)c(Cl)c1. The van der Waals surface area contributed by atoms with Crippen LogP contribution >= 0.6 is 23.2 Å². The van der Waals surface area contributed by atoms with Gasteiger partial charge in [0.25, 0.3) is 5.91 Å². The van der Waals surface area contributed by atoms with E-state index in [-0.39, 0.29) is 39.7 Å². The van der Waals surface area contributed by atoms with Crippen LogP contribution in [0.25, 0.3) is 0 Å². The summed E-state index contributed by atoms with van der Waals surface area (Å²) >= 11 is 11.8. The Morgan fingerprint density at radius 2 is 1.90 bits per heavy atom. The minimum atomic E-state index is -0.577. The Hall–Kier alpha value is -1.46. The van der Waals surface area contributed by atoms with Crippen molar-refractivity contribution in [1.82, 2.24) is 4.90 Å². The molecule has 7 heteroatoms. The van der Waals surface area contributed by atoms with E-state index in [9.17, 15) is 9.59 Å². The topological polar surface area (TPSA) is 89.4 Å². The molecule has 4 N–H and O–H groups in total. The molecule has 0 aliphatic heterocycles. The fourth-order valence-electron chi connectivity index (χ4n) is 1.76. The lowest BCUT2D eigenvalue weighted by atomic mass is 10.1. The summed E-state index contributed by atoms with van der Waals surface area (Å²) < 4.78 is 0. The monoisotopic (exact) mass is 317 g/mol. The summed E-state index contributed by atoms with van der Waals surface area (Å²) in [4.78, 5) is 24.8. The van der Waals surface area contributed by atoms with Gasteiger partial charge < -0.3 is 16.4 Å². The van der Waals surface area contributed by atoms with E-state index in [0.717, 1.165) is 0 Å². The summed E-state index contributed by atoms with van der Waals surface area (Å²) in [6.07, 6.45) is 0. The normalized spacial score (nSPS) is 10.7. The number of halogens is 2. The zero-order valence-electron chi connectivity index (χ0n) is 11.3. The number of primary amides is 1. The van der Waals surface area contributed by atoms with Crippen molar-refractivity contribution in [2.24, 2.45) is 11.7 Å². The first-order valence-corrected chi connectivity index (χ1v) is 6.80. The van der Waals surface area contributed by atoms with E-state index in [0.29, 0.717) is 6.54 Å². The fraction of sp³-hybridized carbons (Fsp3) is 0.385. The summed E-state index contributed by atoms with van der Waals surface area (Å²) in [7, 11) is 0. The standard InChI is InChI=1S/C13H17Cl2N3O2/c1-7(2)5-18(6-11(17)19)13(20)8-3-9(14)12(15)10(16)4-8/h3-4,7H,5-6,16H2,1-2H3,(H2,17,19). The molecule has 2 amide bonds. The lowest BCUT2D eigenvalue weighted by molar-refractivity contribution is -0.118. The van der Waals surface area contributed by atoms with Crippen LogP contribution in [0, 0.1) is 5.92 Å². The summed E-state index contributed by atoms with van der Waals surface area (Å²) in [5.41, 5.74) is 11.3. The molecule has 0 saturated carbocycles. The van der Waals surface area contributed by atoms with E-state index in [4.69, 9.17) is 34.7 Å². The van der Waals surface area contributed by atoms with Crippen molar-refractivity contribution in [2.75, 3.05) is 18.8 Å². The van der Waals surface area contributed by atoms with Crippen LogP contribution < -0.4 is 11.5 Å². The van der Waals surface area contributed by atoms with Gasteiger partial charge in [0, 0.05) is 12.1 Å². The van der Waals surface area contributed by atoms with Gasteiger partial charge in [-0.3, -0.25) is 9.59 Å². The molecule has 0 bridgehead atoms. The summed E-state index contributed by atoms with van der Waals surface area (Å²) in [5, 5.41) is 0.395. The van der Waals surface area contributed by atoms with E-state index < -0.39 is 5.91 Å². The first-order valence-electron chi connectivity index (χ1n) is 6.04. The minimum Gasteiger partial charge on any atom is -0.397 e. The van der Waals surface area contributed by atoms with E-state index in [1.54, 1.807) is 0 Å². The van der Waals surface area contributed by atoms with Crippen LogP contribution in [-0.4, -0.2) is 29.8 Å². The smallest absolute Gasteiger partial charge is 0.254 e. The number of carbonyl (C=O) groups excluding carboxylic acids is 2. The van der Waals surface area contributed by atoms with E-state index in [1.165, 1.54) is 17.0 Å². The molecule has 5 nitrogen and oxygen atoms in total. The Morgan fingerprint density at radius 1 is 1.30 bits per heavy atom. The highest BCUT2D eigenvalue weighted by molar-refractivity contribution is 6.43. The highest BCUT2D eigenvalue weighted by Gasteiger charge is 2.20. The van der Waals surface area contributed by atoms with Crippen molar-refractivity contribution >= 4 is 40.7 Å². The lowest BCUT2D eigenvalue weighted by Crippen LogP contribution is -2.40. The molecule has 0 atom stereocenters. The number of hydrogen-bond donors (Lipinski definition) is 2. The van der Waals surface area contributed by atoms with Crippen molar-refractivity contribution < 1.29 is 9.59 Å². The molecule has 0 saturated heterocycles. The molecule has 0 aliphatic rings. The summed E-state index contributed by atoms with van der Waals surface area (Å²) in [6, 6.07) is 2.86. The molecule has 0 aliphatic carbocycles. The molecule has 0 unspecified atom stereocenters. The van der Waals surface area contributed by atoms with Crippen LogP contribution in [0.4, 0.5) is 5.69 Å². The van der Waals surface area contributed by atoms with E-state index >= 15 is 0 Å². The number of rotatable bonds is 5. The average molecular weight is 318 g/mol. The number of nitrogen functional groups attached to an aromatic ring is 1. The molecule has 110 valence electrons. The molecule has 1 rings (SSSR count). The third kappa shape index (κ3) is 4.28. The maximum Gasteiger partial charge on any atom is 0.254 e. The zero-order chi connectivity index (χ0) is 15.4. The number of nitrogens with zero attached hydrogens (tertiary/aromatic N) is 1. The van der Waals surface area contributed by atoms with Crippen LogP contribution in [0.5, 0.6) is 0 Å². The highest BCUT2D eigenvalue weighted by Crippen LogP contribution is 2.29. The number of benzene rings is 1. The third-order valence-corrected chi connectivity index (χ3v) is 3.34. The Balaban J connectivity index is 3.08. The van der Waals surface area contributed by atoms with Gasteiger partial charge in [0.1, 0.15) is 0 Å². The molecule has 0 radical (unpaired) electrons. The summed E-state index contributed by atoms with van der Waals surface area (Å²) in [6.45, 7) is 4.12. The predicted molar refractivity (Wildman–Crippen MR) is 80.8 cm³/mol. The van der Waals surface area contributed by atoms with Gasteiger partial charge in [-0.05, 0) is 18.1 Å². The van der Waals surface area contributed by atoms with Crippen molar-refractivity contribution in [2.45, 2.75) is 13.8 Å². The Kier molecular flexibility index (Phi) is 5.65. The Bertz CT molecular complexity index is 509. The first kappa shape index (κ1) is 16.6. The Labute approximate surface area is 127 Å². The molecular formula is C13H17Cl2N3O2. The second kappa shape index (κ2) is 6.81. The van der Waals surface area contributed by atoms with Gasteiger partial charge in [0.2, 0.25) is 5.91 Å². The zero-order valence-corrected chi connectivity index (χ0v) is 12.8. The number of amides is 2. The number of nitrogens with two attached hydrogens (primary N) is 2. The van der Waals surface area contributed by atoms with Crippen molar-refractivity contribution in [3.63, 3.8) is 0 Å². The lowest BCUT2D eigenvalue weighted by Gasteiger charge is -2.23. The first-order chi connectivity index (χ1) is 9.22. The Morgan fingerprint density at radius 3 is 2.35 bits per heavy atom. The third-order valence-electron chi connectivity index (χ3n) is 2.52. The molecule has 0 fully saturated rings. The maximum absolute atomic E-state index is 12.4. The van der Waals surface area contributed by atoms with Crippen LogP contribution in [-0.2, 0) is 4.79 Å². The fourth-order valence-corrected chi connectivity index (χ4v) is 2.10. The second-order valence-electron chi connectivity index (χ2n) is 4.91. The average Bonchev–Trinajstić information content (AvgIpc) is 2.32. The molecule has 1 aromatic rings. The van der Waals surface area contributed by atoms with Gasteiger partial charge in [-0.1, -0.05) is 37.0 Å². The largest absolute Gasteiger partial charge is 0.397 e. The van der Waals surface area contributed by atoms with Gasteiger partial charge in [0.15, 0.2) is 0 Å². The predicted octanol–water partition coefficient (Wildman–Crippen LogP) is 2.16. The minimum absolute atomic E-state index is 0.156. The van der Waals surface area contributed by atoms with Crippen LogP contribution in [0.2, 0.25) is 10.0 Å². The van der Waals surface area contributed by atoms with Crippen LogP contribution in [0.15, 0.2) is 12.1 Å². The molecule has 0 heterocycles. The van der Waals surface area contributed by atoms with E-state index in [2.05, 4.69) is 0 Å². The van der Waals surface area contributed by atoms with Gasteiger partial charge in [0.05, 0.1) is 22.3 Å². The molecule has 1 aromatic carbocycles. The number of hydrogen-bond acceptors (Lipinski definition) is 3.